The molecule has 2 atom stereocenters. The molecule has 6 rings (SSSR count). The van der Waals surface area contributed by atoms with E-state index in [1.165, 1.54) is 116 Å². The van der Waals surface area contributed by atoms with Crippen molar-refractivity contribution in [3.05, 3.63) is 157 Å². The summed E-state index contributed by atoms with van der Waals surface area (Å²) >= 11 is 0. The molecule has 1 aliphatic carbocycles. The van der Waals surface area contributed by atoms with Crippen LogP contribution in [-0.4, -0.2) is 13.4 Å². The van der Waals surface area contributed by atoms with Crippen LogP contribution in [-0.2, 0) is 0 Å². The normalized spacial score (nSPS) is 15.9. The van der Waals surface area contributed by atoms with E-state index in [2.05, 4.69) is 183 Å². The molecule has 0 saturated carbocycles. The van der Waals surface area contributed by atoms with Crippen molar-refractivity contribution in [3.8, 4) is 11.1 Å². The van der Waals surface area contributed by atoms with E-state index in [1.54, 1.807) is 0 Å². The van der Waals surface area contributed by atoms with Crippen molar-refractivity contribution in [1.29, 1.82) is 0 Å². The molecular weight excluding hydrogens is 634 g/mol. The number of benzene rings is 5. The van der Waals surface area contributed by atoms with E-state index in [4.69, 9.17) is 0 Å². The highest BCUT2D eigenvalue weighted by Gasteiger charge is 2.34. The second-order valence-corrected chi connectivity index (χ2v) is 17.0. The van der Waals surface area contributed by atoms with Gasteiger partial charge in [0.25, 0.3) is 0 Å². The van der Waals surface area contributed by atoms with Crippen molar-refractivity contribution in [1.82, 2.24) is 0 Å². The highest BCUT2D eigenvalue weighted by atomic mass is 14.3. The zero-order chi connectivity index (χ0) is 38.6. The molecule has 5 aromatic carbocycles. The van der Waals surface area contributed by atoms with Gasteiger partial charge in [0.2, 0.25) is 13.4 Å². The van der Waals surface area contributed by atoms with Gasteiger partial charge in [-0.1, -0.05) is 187 Å². The molecule has 0 radical (unpaired) electrons. The quantitative estimate of drug-likeness (QED) is 0.149. The summed E-state index contributed by atoms with van der Waals surface area (Å²) in [7, 11) is 0. The predicted octanol–water partition coefficient (Wildman–Crippen LogP) is 9.96. The first-order valence-corrected chi connectivity index (χ1v) is 19.8. The molecule has 0 amide bonds. The maximum atomic E-state index is 2.51. The highest BCUT2D eigenvalue weighted by molar-refractivity contribution is 6.96. The van der Waals surface area contributed by atoms with Gasteiger partial charge < -0.3 is 0 Å². The van der Waals surface area contributed by atoms with Crippen LogP contribution in [0.4, 0.5) is 0 Å². The Morgan fingerprint density at radius 1 is 0.396 bits per heavy atom. The Kier molecular flexibility index (Phi) is 10.8. The summed E-state index contributed by atoms with van der Waals surface area (Å²) in [4.78, 5) is 0. The molecule has 0 spiro atoms. The lowest BCUT2D eigenvalue weighted by molar-refractivity contribution is 0.517. The van der Waals surface area contributed by atoms with Gasteiger partial charge in [-0.15, -0.1) is 0 Å². The number of allylic oxidation sites excluding steroid dienone is 4. The molecule has 0 N–H and O–H groups in total. The van der Waals surface area contributed by atoms with Crippen molar-refractivity contribution < 1.29 is 0 Å². The van der Waals surface area contributed by atoms with Gasteiger partial charge in [-0.3, -0.25) is 0 Å². The van der Waals surface area contributed by atoms with Crippen molar-refractivity contribution >= 4 is 40.7 Å². The van der Waals surface area contributed by atoms with Gasteiger partial charge >= 0.3 is 0 Å². The molecule has 0 heterocycles. The maximum absolute atomic E-state index is 2.51. The number of hydrogen-bond donors (Lipinski definition) is 0. The summed E-state index contributed by atoms with van der Waals surface area (Å²) in [5.74, 6) is 1.07. The fourth-order valence-electron chi connectivity index (χ4n) is 10.3. The molecule has 0 saturated heterocycles. The molecule has 5 aromatic rings. The minimum Gasteiger partial charge on any atom is -0.0787 e. The molecular formula is C51H60B2. The second kappa shape index (κ2) is 14.9. The lowest BCUT2D eigenvalue weighted by Crippen LogP contribution is -2.56. The van der Waals surface area contributed by atoms with Crippen LogP contribution in [0.5, 0.6) is 0 Å². The fraction of sp³-hybridized carbons (Fsp3) is 0.333. The monoisotopic (exact) mass is 694 g/mol. The van der Waals surface area contributed by atoms with Gasteiger partial charge in [0, 0.05) is 0 Å². The lowest BCUT2D eigenvalue weighted by Gasteiger charge is -2.33. The molecule has 2 unspecified atom stereocenters. The third kappa shape index (κ3) is 7.19. The van der Waals surface area contributed by atoms with Crippen LogP contribution in [0.25, 0.3) is 11.1 Å². The van der Waals surface area contributed by atoms with Crippen molar-refractivity contribution in [2.24, 2.45) is 11.8 Å². The molecule has 270 valence electrons. The minimum atomic E-state index is 0.169. The van der Waals surface area contributed by atoms with Crippen molar-refractivity contribution in [2.75, 3.05) is 0 Å². The largest absolute Gasteiger partial charge is 0.242 e. The van der Waals surface area contributed by atoms with Crippen molar-refractivity contribution in [3.63, 3.8) is 0 Å². The van der Waals surface area contributed by atoms with Crippen LogP contribution >= 0.6 is 0 Å². The third-order valence-electron chi connectivity index (χ3n) is 12.7. The van der Waals surface area contributed by atoms with E-state index in [0.29, 0.717) is 11.8 Å². The minimum absolute atomic E-state index is 0.169. The van der Waals surface area contributed by atoms with Gasteiger partial charge in [0.15, 0.2) is 0 Å². The molecule has 1 aliphatic rings. The van der Waals surface area contributed by atoms with Crippen LogP contribution in [0, 0.1) is 88.0 Å². The van der Waals surface area contributed by atoms with Gasteiger partial charge in [-0.05, 0) is 124 Å². The molecule has 0 aliphatic heterocycles. The standard InChI is InChI=1S/C51H60B2/c1-29-20-35(7)48(36(8)21-29)52(49-37(9)22-30(2)23-38(49)10)44-16-18-46(33(5)27-44)47-19-17-45(28-34(47)6)53(50-39(11)24-31(3)25-40(50)12)51-41(13)26-32(4)42(14)43(51)15/h16-28,32,42H,1-15H3. The fourth-order valence-corrected chi connectivity index (χ4v) is 10.3. The Bertz CT molecular complexity index is 2190. The van der Waals surface area contributed by atoms with Crippen LogP contribution in [0.1, 0.15) is 88.9 Å². The van der Waals surface area contributed by atoms with E-state index in [-0.39, 0.29) is 13.4 Å². The summed E-state index contributed by atoms with van der Waals surface area (Å²) < 4.78 is 0. The number of hydrogen-bond acceptors (Lipinski definition) is 0. The zero-order valence-corrected chi connectivity index (χ0v) is 35.3. The summed E-state index contributed by atoms with van der Waals surface area (Å²) in [6.07, 6.45) is 2.51. The topological polar surface area (TPSA) is 0 Å². The summed E-state index contributed by atoms with van der Waals surface area (Å²) in [6.45, 7) is 34.9. The average molecular weight is 695 g/mol. The maximum Gasteiger partial charge on any atom is 0.242 e. The molecule has 53 heavy (non-hydrogen) atoms. The predicted molar refractivity (Wildman–Crippen MR) is 238 cm³/mol. The van der Waals surface area contributed by atoms with E-state index in [1.807, 2.05) is 0 Å². The molecule has 0 fully saturated rings. The van der Waals surface area contributed by atoms with E-state index in [9.17, 15) is 0 Å². The smallest absolute Gasteiger partial charge is 0.0787 e. The highest BCUT2D eigenvalue weighted by Crippen LogP contribution is 2.35. The Morgan fingerprint density at radius 3 is 1.09 bits per heavy atom. The SMILES string of the molecule is CC1=CC(C)C(C)C(C)=C1B(c1ccc(-c2ccc(B(c3c(C)cc(C)cc3C)c3c(C)cc(C)cc3C)cc2C)c(C)c1)c1c(C)cc(C)cc1C. The van der Waals surface area contributed by atoms with Crippen LogP contribution in [0.3, 0.4) is 0 Å². The summed E-state index contributed by atoms with van der Waals surface area (Å²) in [5, 5.41) is 0. The van der Waals surface area contributed by atoms with Gasteiger partial charge in [-0.25, -0.2) is 0 Å². The van der Waals surface area contributed by atoms with Crippen LogP contribution in [0.15, 0.2) is 95.5 Å². The Labute approximate surface area is 323 Å². The first-order chi connectivity index (χ1) is 25.0. The van der Waals surface area contributed by atoms with Crippen molar-refractivity contribution in [2.45, 2.75) is 104 Å². The van der Waals surface area contributed by atoms with Gasteiger partial charge in [0.05, 0.1) is 0 Å². The number of aryl methyl sites for hydroxylation is 11. The molecule has 0 bridgehead atoms. The first-order valence-electron chi connectivity index (χ1n) is 19.8. The van der Waals surface area contributed by atoms with Gasteiger partial charge in [0.1, 0.15) is 0 Å². The summed E-state index contributed by atoms with van der Waals surface area (Å²) in [5.41, 5.74) is 29.0. The number of rotatable bonds is 7. The average Bonchev–Trinajstić information content (AvgIpc) is 3.05. The van der Waals surface area contributed by atoms with E-state index >= 15 is 0 Å². The van der Waals surface area contributed by atoms with E-state index in [0.717, 1.165) is 0 Å². The van der Waals surface area contributed by atoms with Gasteiger partial charge in [-0.2, -0.15) is 0 Å². The molecule has 0 nitrogen and oxygen atoms in total. The lowest BCUT2D eigenvalue weighted by atomic mass is 9.32. The van der Waals surface area contributed by atoms with Crippen LogP contribution in [0.2, 0.25) is 0 Å². The first kappa shape index (κ1) is 38.4. The zero-order valence-electron chi connectivity index (χ0n) is 35.3. The Hall–Kier alpha value is -4.29. The Balaban J connectivity index is 1.49. The van der Waals surface area contributed by atoms with E-state index < -0.39 is 0 Å². The Morgan fingerprint density at radius 2 is 0.736 bits per heavy atom. The summed E-state index contributed by atoms with van der Waals surface area (Å²) in [6, 6.07) is 28.8. The third-order valence-corrected chi connectivity index (χ3v) is 12.7. The molecule has 2 heteroatoms. The second-order valence-electron chi connectivity index (χ2n) is 17.0. The molecule has 0 aromatic heterocycles. The van der Waals surface area contributed by atoms with Crippen LogP contribution < -0.4 is 27.3 Å².